The number of hydrogen-bond acceptors (Lipinski definition) is 2. The summed E-state index contributed by atoms with van der Waals surface area (Å²) in [5, 5.41) is 4.26. The van der Waals surface area contributed by atoms with Crippen LogP contribution in [-0.2, 0) is 0 Å². The van der Waals surface area contributed by atoms with Crippen LogP contribution in [0.4, 0.5) is 5.69 Å². The first-order valence-electron chi connectivity index (χ1n) is 7.34. The minimum atomic E-state index is -0.0722. The van der Waals surface area contributed by atoms with Gasteiger partial charge in [0.25, 0.3) is 0 Å². The van der Waals surface area contributed by atoms with E-state index >= 15 is 0 Å². The van der Waals surface area contributed by atoms with Gasteiger partial charge in [-0.1, -0.05) is 62.8 Å². The Labute approximate surface area is 122 Å². The molecule has 0 amide bonds. The Bertz CT molecular complexity index is 368. The Morgan fingerprint density at radius 1 is 1.16 bits per heavy atom. The number of halogens is 1. The molecule has 0 saturated heterocycles. The quantitative estimate of drug-likeness (QED) is 0.637. The largest absolute Gasteiger partial charge is 0.377 e. The lowest BCUT2D eigenvalue weighted by molar-refractivity contribution is 0.449. The third kappa shape index (κ3) is 5.84. The van der Waals surface area contributed by atoms with Crippen LogP contribution >= 0.6 is 11.6 Å². The summed E-state index contributed by atoms with van der Waals surface area (Å²) in [5.74, 6) is 0. The van der Waals surface area contributed by atoms with Crippen molar-refractivity contribution in [2.45, 2.75) is 57.9 Å². The summed E-state index contributed by atoms with van der Waals surface area (Å²) in [6.07, 6.45) is 7.52. The zero-order chi connectivity index (χ0) is 14.1. The van der Waals surface area contributed by atoms with Gasteiger partial charge in [-0.05, 0) is 25.5 Å². The number of para-hydroxylation sites is 1. The number of nitrogens with two attached hydrogens (primary N) is 1. The fraction of sp³-hybridized carbons (Fsp3) is 0.625. The number of anilines is 1. The number of nitrogens with one attached hydrogen (secondary N) is 1. The number of benzene rings is 1. The molecule has 0 heterocycles. The highest BCUT2D eigenvalue weighted by Crippen LogP contribution is 2.26. The molecule has 0 radical (unpaired) electrons. The summed E-state index contributed by atoms with van der Waals surface area (Å²) in [7, 11) is 0. The molecule has 0 aliphatic rings. The molecule has 19 heavy (non-hydrogen) atoms. The van der Waals surface area contributed by atoms with Gasteiger partial charge in [-0.3, -0.25) is 0 Å². The maximum atomic E-state index is 6.19. The highest BCUT2D eigenvalue weighted by molar-refractivity contribution is 6.33. The first-order chi connectivity index (χ1) is 9.11. The highest BCUT2D eigenvalue weighted by Gasteiger charge is 2.22. The molecule has 0 saturated carbocycles. The molecule has 108 valence electrons. The van der Waals surface area contributed by atoms with Crippen molar-refractivity contribution in [1.29, 1.82) is 0 Å². The third-order valence-electron chi connectivity index (χ3n) is 3.59. The molecule has 0 fully saturated rings. The molecule has 0 aliphatic carbocycles. The average molecular weight is 283 g/mol. The molecule has 3 N–H and O–H groups in total. The molecule has 1 aromatic carbocycles. The summed E-state index contributed by atoms with van der Waals surface area (Å²) in [6, 6.07) is 7.85. The van der Waals surface area contributed by atoms with Gasteiger partial charge in [0, 0.05) is 12.1 Å². The minimum absolute atomic E-state index is 0.0722. The Kier molecular flexibility index (Phi) is 7.25. The average Bonchev–Trinajstić information content (AvgIpc) is 2.41. The van der Waals surface area contributed by atoms with E-state index in [0.29, 0.717) is 6.54 Å². The van der Waals surface area contributed by atoms with Gasteiger partial charge in [0.1, 0.15) is 0 Å². The van der Waals surface area contributed by atoms with Crippen molar-refractivity contribution in [3.63, 3.8) is 0 Å². The lowest BCUT2D eigenvalue weighted by Crippen LogP contribution is -2.42. The van der Waals surface area contributed by atoms with Crippen LogP contribution in [0, 0.1) is 0 Å². The van der Waals surface area contributed by atoms with Crippen molar-refractivity contribution in [2.75, 3.05) is 11.9 Å². The van der Waals surface area contributed by atoms with Gasteiger partial charge < -0.3 is 11.1 Å². The van der Waals surface area contributed by atoms with Crippen molar-refractivity contribution in [1.82, 2.24) is 0 Å². The normalized spacial score (nSPS) is 14.1. The summed E-state index contributed by atoms with van der Waals surface area (Å²) in [6.45, 7) is 5.03. The monoisotopic (exact) mass is 282 g/mol. The molecule has 3 heteroatoms. The van der Waals surface area contributed by atoms with Gasteiger partial charge in [-0.2, -0.15) is 0 Å². The van der Waals surface area contributed by atoms with Crippen LogP contribution in [0.25, 0.3) is 0 Å². The van der Waals surface area contributed by atoms with Gasteiger partial charge in [-0.25, -0.2) is 0 Å². The van der Waals surface area contributed by atoms with Gasteiger partial charge in [0.2, 0.25) is 0 Å². The second kappa shape index (κ2) is 8.44. The fourth-order valence-electron chi connectivity index (χ4n) is 2.22. The van der Waals surface area contributed by atoms with E-state index in [2.05, 4.69) is 19.2 Å². The van der Waals surface area contributed by atoms with E-state index < -0.39 is 0 Å². The predicted molar refractivity (Wildman–Crippen MR) is 85.9 cm³/mol. The van der Waals surface area contributed by atoms with Crippen molar-refractivity contribution >= 4 is 17.3 Å². The summed E-state index contributed by atoms with van der Waals surface area (Å²) in [4.78, 5) is 0. The van der Waals surface area contributed by atoms with Gasteiger partial charge in [-0.15, -0.1) is 0 Å². The molecule has 0 bridgehead atoms. The molecule has 1 rings (SSSR count). The summed E-state index contributed by atoms with van der Waals surface area (Å²) in [5.41, 5.74) is 6.85. The van der Waals surface area contributed by atoms with E-state index in [4.69, 9.17) is 17.3 Å². The third-order valence-corrected chi connectivity index (χ3v) is 3.92. The Balaban J connectivity index is 2.48. The second-order valence-electron chi connectivity index (χ2n) is 5.53. The Morgan fingerprint density at radius 2 is 1.84 bits per heavy atom. The van der Waals surface area contributed by atoms with Crippen LogP contribution < -0.4 is 11.1 Å². The molecule has 0 aliphatic heterocycles. The molecule has 0 aromatic heterocycles. The van der Waals surface area contributed by atoms with Crippen molar-refractivity contribution in [3.8, 4) is 0 Å². The van der Waals surface area contributed by atoms with Crippen LogP contribution in [-0.4, -0.2) is 12.1 Å². The SMILES string of the molecule is CCCCCCCC(C)(CN)Nc1ccccc1Cl. The number of unbranched alkanes of at least 4 members (excludes halogenated alkanes) is 4. The minimum Gasteiger partial charge on any atom is -0.377 e. The maximum Gasteiger partial charge on any atom is 0.0637 e. The zero-order valence-corrected chi connectivity index (χ0v) is 13.0. The predicted octanol–water partition coefficient (Wildman–Crippen LogP) is 4.83. The standard InChI is InChI=1S/C16H27ClN2/c1-3-4-5-6-9-12-16(2,13-18)19-15-11-8-7-10-14(15)17/h7-8,10-11,19H,3-6,9,12-13,18H2,1-2H3. The number of rotatable bonds is 9. The van der Waals surface area contributed by atoms with Crippen LogP contribution in [0.2, 0.25) is 5.02 Å². The molecular weight excluding hydrogens is 256 g/mol. The van der Waals surface area contributed by atoms with Gasteiger partial charge in [0.15, 0.2) is 0 Å². The molecule has 0 spiro atoms. The van der Waals surface area contributed by atoms with E-state index in [1.807, 2.05) is 24.3 Å². The Morgan fingerprint density at radius 3 is 2.47 bits per heavy atom. The van der Waals surface area contributed by atoms with Crippen LogP contribution in [0.1, 0.15) is 52.4 Å². The van der Waals surface area contributed by atoms with E-state index in [0.717, 1.165) is 17.1 Å². The lowest BCUT2D eigenvalue weighted by Gasteiger charge is -2.31. The van der Waals surface area contributed by atoms with E-state index in [9.17, 15) is 0 Å². The molecule has 2 nitrogen and oxygen atoms in total. The van der Waals surface area contributed by atoms with Crippen LogP contribution in [0.3, 0.4) is 0 Å². The zero-order valence-electron chi connectivity index (χ0n) is 12.2. The maximum absolute atomic E-state index is 6.19. The molecule has 1 atom stereocenters. The molecule has 1 unspecified atom stereocenters. The first kappa shape index (κ1) is 16.3. The van der Waals surface area contributed by atoms with E-state index in [-0.39, 0.29) is 5.54 Å². The summed E-state index contributed by atoms with van der Waals surface area (Å²) >= 11 is 6.19. The first-order valence-corrected chi connectivity index (χ1v) is 7.72. The Hall–Kier alpha value is -0.730. The molecular formula is C16H27ClN2. The van der Waals surface area contributed by atoms with Gasteiger partial charge >= 0.3 is 0 Å². The molecule has 1 aromatic rings. The summed E-state index contributed by atoms with van der Waals surface area (Å²) < 4.78 is 0. The topological polar surface area (TPSA) is 38.0 Å². The smallest absolute Gasteiger partial charge is 0.0637 e. The lowest BCUT2D eigenvalue weighted by atomic mass is 9.93. The second-order valence-corrected chi connectivity index (χ2v) is 5.94. The fourth-order valence-corrected chi connectivity index (χ4v) is 2.40. The number of hydrogen-bond donors (Lipinski definition) is 2. The van der Waals surface area contributed by atoms with Crippen molar-refractivity contribution in [2.24, 2.45) is 5.73 Å². The van der Waals surface area contributed by atoms with E-state index in [1.54, 1.807) is 0 Å². The van der Waals surface area contributed by atoms with E-state index in [1.165, 1.54) is 32.1 Å². The van der Waals surface area contributed by atoms with Crippen LogP contribution in [0.15, 0.2) is 24.3 Å². The van der Waals surface area contributed by atoms with Crippen molar-refractivity contribution < 1.29 is 0 Å². The van der Waals surface area contributed by atoms with Crippen LogP contribution in [0.5, 0.6) is 0 Å². The highest BCUT2D eigenvalue weighted by atomic mass is 35.5. The van der Waals surface area contributed by atoms with Gasteiger partial charge in [0.05, 0.1) is 10.7 Å². The van der Waals surface area contributed by atoms with Crippen molar-refractivity contribution in [3.05, 3.63) is 29.3 Å².